The van der Waals surface area contributed by atoms with Gasteiger partial charge in [0.15, 0.2) is 0 Å². The smallest absolute Gasteiger partial charge is 0.278 e. The molecular weight excluding hydrogens is 375 g/mol. The highest BCUT2D eigenvalue weighted by Gasteiger charge is 2.30. The summed E-state index contributed by atoms with van der Waals surface area (Å²) in [6.07, 6.45) is -2.63. The first-order valence-corrected chi connectivity index (χ1v) is 9.01. The van der Waals surface area contributed by atoms with Gasteiger partial charge in [-0.05, 0) is 42.5 Å². The molecule has 0 radical (unpaired) electrons. The number of para-hydroxylation sites is 1. The van der Waals surface area contributed by atoms with Crippen molar-refractivity contribution in [1.82, 2.24) is 14.5 Å². The van der Waals surface area contributed by atoms with Gasteiger partial charge in [0, 0.05) is 22.5 Å². The zero-order valence-electron chi connectivity index (χ0n) is 15.1. The van der Waals surface area contributed by atoms with Crippen LogP contribution < -0.4 is 0 Å². The number of hydrogen-bond acceptors (Lipinski definition) is 2. The molecule has 0 spiro atoms. The fourth-order valence-electron chi connectivity index (χ4n) is 3.57. The zero-order valence-corrected chi connectivity index (χ0v) is 15.1. The van der Waals surface area contributed by atoms with Gasteiger partial charge < -0.3 is 0 Å². The molecule has 0 amide bonds. The van der Waals surface area contributed by atoms with Crippen molar-refractivity contribution in [3.63, 3.8) is 0 Å². The number of pyridine rings is 2. The van der Waals surface area contributed by atoms with Crippen LogP contribution in [0.2, 0.25) is 0 Å². The molecule has 2 aromatic carbocycles. The molecule has 0 aliphatic carbocycles. The molecule has 3 heterocycles. The summed E-state index contributed by atoms with van der Waals surface area (Å²) in [5.41, 5.74) is 2.29. The molecule has 5 rings (SSSR count). The van der Waals surface area contributed by atoms with E-state index in [0.29, 0.717) is 17.1 Å². The Morgan fingerprint density at radius 2 is 1.48 bits per heavy atom. The number of nitrogens with zero attached hydrogens (tertiary/aromatic N) is 3. The van der Waals surface area contributed by atoms with Gasteiger partial charge >= 0.3 is 6.18 Å². The highest BCUT2D eigenvalue weighted by molar-refractivity contribution is 6.07. The quantitative estimate of drug-likeness (QED) is 0.357. The summed E-state index contributed by atoms with van der Waals surface area (Å²) in [4.78, 5) is 9.25. The largest absolute Gasteiger partial charge is 0.416 e. The van der Waals surface area contributed by atoms with Gasteiger partial charge in [-0.1, -0.05) is 36.4 Å². The van der Waals surface area contributed by atoms with E-state index in [1.54, 1.807) is 12.3 Å². The molecule has 0 fully saturated rings. The molecule has 3 nitrogen and oxygen atoms in total. The number of fused-ring (bicyclic) bond motifs is 3. The summed E-state index contributed by atoms with van der Waals surface area (Å²) in [5.74, 6) is 0.660. The van der Waals surface area contributed by atoms with Crippen LogP contribution in [0.25, 0.3) is 39.0 Å². The summed E-state index contributed by atoms with van der Waals surface area (Å²) >= 11 is 0. The molecule has 0 N–H and O–H groups in total. The highest BCUT2D eigenvalue weighted by Crippen LogP contribution is 2.32. The molecule has 0 unspecified atom stereocenters. The van der Waals surface area contributed by atoms with Crippen LogP contribution in [0.3, 0.4) is 0 Å². The summed E-state index contributed by atoms with van der Waals surface area (Å²) in [5, 5.41) is 2.09. The van der Waals surface area contributed by atoms with Crippen molar-refractivity contribution >= 4 is 21.9 Å². The molecule has 5 aromatic rings. The lowest BCUT2D eigenvalue weighted by molar-refractivity contribution is -0.137. The Balaban J connectivity index is 1.67. The molecule has 0 atom stereocenters. The first-order valence-electron chi connectivity index (χ1n) is 9.01. The Hall–Kier alpha value is -3.67. The Labute approximate surface area is 164 Å². The van der Waals surface area contributed by atoms with Crippen molar-refractivity contribution in [3.05, 3.63) is 90.6 Å². The van der Waals surface area contributed by atoms with Crippen LogP contribution >= 0.6 is 0 Å². The SMILES string of the molecule is FC(F)(F)c1ccc(-c2cccc(-n3c4ccccc4c4cccnc43)n2)cc1. The van der Waals surface area contributed by atoms with Crippen LogP contribution in [-0.2, 0) is 6.18 Å². The van der Waals surface area contributed by atoms with E-state index in [4.69, 9.17) is 4.98 Å². The van der Waals surface area contributed by atoms with Crippen molar-refractivity contribution in [3.8, 4) is 17.1 Å². The molecular formula is C23H14F3N3. The van der Waals surface area contributed by atoms with Crippen molar-refractivity contribution < 1.29 is 13.2 Å². The van der Waals surface area contributed by atoms with Crippen molar-refractivity contribution in [2.45, 2.75) is 6.18 Å². The Morgan fingerprint density at radius 3 is 2.28 bits per heavy atom. The number of alkyl halides is 3. The predicted molar refractivity (Wildman–Crippen MR) is 107 cm³/mol. The van der Waals surface area contributed by atoms with Crippen molar-refractivity contribution in [2.24, 2.45) is 0 Å². The fraction of sp³-hybridized carbons (Fsp3) is 0.0435. The summed E-state index contributed by atoms with van der Waals surface area (Å²) < 4.78 is 40.5. The van der Waals surface area contributed by atoms with E-state index < -0.39 is 11.7 Å². The minimum Gasteiger partial charge on any atom is -0.278 e. The molecule has 0 aliphatic heterocycles. The Morgan fingerprint density at radius 1 is 0.724 bits per heavy atom. The summed E-state index contributed by atoms with van der Waals surface area (Å²) in [6, 6.07) is 22.4. The minimum atomic E-state index is -4.36. The van der Waals surface area contributed by atoms with Gasteiger partial charge in [-0.15, -0.1) is 0 Å². The molecule has 0 saturated carbocycles. The van der Waals surface area contributed by atoms with Crippen molar-refractivity contribution in [1.29, 1.82) is 0 Å². The first-order chi connectivity index (χ1) is 14.0. The van der Waals surface area contributed by atoms with E-state index in [1.807, 2.05) is 53.1 Å². The molecule has 0 saturated heterocycles. The van der Waals surface area contributed by atoms with E-state index >= 15 is 0 Å². The molecule has 0 bridgehead atoms. The average Bonchev–Trinajstić information content (AvgIpc) is 3.08. The third-order valence-corrected chi connectivity index (χ3v) is 4.91. The second-order valence-corrected chi connectivity index (χ2v) is 6.68. The fourth-order valence-corrected chi connectivity index (χ4v) is 3.57. The molecule has 29 heavy (non-hydrogen) atoms. The summed E-state index contributed by atoms with van der Waals surface area (Å²) in [7, 11) is 0. The van der Waals surface area contributed by atoms with Crippen LogP contribution in [0.5, 0.6) is 0 Å². The van der Waals surface area contributed by atoms with Crippen LogP contribution in [0.4, 0.5) is 13.2 Å². The van der Waals surface area contributed by atoms with Crippen LogP contribution in [0.1, 0.15) is 5.56 Å². The lowest BCUT2D eigenvalue weighted by Gasteiger charge is -2.10. The molecule has 0 aliphatic rings. The third kappa shape index (κ3) is 2.93. The number of hydrogen-bond donors (Lipinski definition) is 0. The van der Waals surface area contributed by atoms with Gasteiger partial charge in [-0.3, -0.25) is 4.57 Å². The number of benzene rings is 2. The summed E-state index contributed by atoms with van der Waals surface area (Å²) in [6.45, 7) is 0. The number of halogens is 3. The normalized spacial score (nSPS) is 12.0. The van der Waals surface area contributed by atoms with Crippen LogP contribution in [0.15, 0.2) is 85.1 Å². The van der Waals surface area contributed by atoms with E-state index in [9.17, 15) is 13.2 Å². The van der Waals surface area contributed by atoms with Gasteiger partial charge in [0.1, 0.15) is 11.5 Å². The van der Waals surface area contributed by atoms with E-state index in [1.165, 1.54) is 12.1 Å². The molecule has 142 valence electrons. The molecule has 3 aromatic heterocycles. The monoisotopic (exact) mass is 389 g/mol. The van der Waals surface area contributed by atoms with Crippen molar-refractivity contribution in [2.75, 3.05) is 0 Å². The van der Waals surface area contributed by atoms with E-state index in [-0.39, 0.29) is 0 Å². The zero-order chi connectivity index (χ0) is 20.0. The van der Waals surface area contributed by atoms with Gasteiger partial charge in [-0.25, -0.2) is 9.97 Å². The van der Waals surface area contributed by atoms with Gasteiger partial charge in [-0.2, -0.15) is 13.2 Å². The number of rotatable bonds is 2. The Bertz CT molecular complexity index is 1280. The maximum atomic E-state index is 12.8. The lowest BCUT2D eigenvalue weighted by atomic mass is 10.1. The minimum absolute atomic E-state index is 0.595. The van der Waals surface area contributed by atoms with Crippen LogP contribution in [-0.4, -0.2) is 14.5 Å². The average molecular weight is 389 g/mol. The second kappa shape index (κ2) is 6.44. The number of aromatic nitrogens is 3. The van der Waals surface area contributed by atoms with E-state index in [0.717, 1.165) is 34.1 Å². The topological polar surface area (TPSA) is 30.7 Å². The van der Waals surface area contributed by atoms with Gasteiger partial charge in [0.05, 0.1) is 16.8 Å². The van der Waals surface area contributed by atoms with Gasteiger partial charge in [0.25, 0.3) is 0 Å². The maximum absolute atomic E-state index is 12.8. The maximum Gasteiger partial charge on any atom is 0.416 e. The predicted octanol–water partition coefficient (Wildman–Crippen LogP) is 6.26. The standard InChI is InChI=1S/C23H14F3N3/c24-23(25,26)16-12-10-15(11-13-16)19-7-3-9-21(28-19)29-20-8-2-1-5-17(20)18-6-4-14-27-22(18)29/h1-14H. The second-order valence-electron chi connectivity index (χ2n) is 6.68. The highest BCUT2D eigenvalue weighted by atomic mass is 19.4. The molecule has 6 heteroatoms. The van der Waals surface area contributed by atoms with Crippen LogP contribution in [0, 0.1) is 0 Å². The third-order valence-electron chi connectivity index (χ3n) is 4.91. The van der Waals surface area contributed by atoms with Gasteiger partial charge in [0.2, 0.25) is 0 Å². The van der Waals surface area contributed by atoms with E-state index in [2.05, 4.69) is 4.98 Å². The first kappa shape index (κ1) is 17.4. The lowest BCUT2D eigenvalue weighted by Crippen LogP contribution is -2.04. The Kier molecular flexibility index (Phi) is 3.87.